The van der Waals surface area contributed by atoms with Crippen molar-refractivity contribution in [3.63, 3.8) is 0 Å². The minimum absolute atomic E-state index is 0.356. The van der Waals surface area contributed by atoms with Gasteiger partial charge in [-0.3, -0.25) is 9.59 Å². The van der Waals surface area contributed by atoms with Gasteiger partial charge in [-0.1, -0.05) is 46.3 Å². The maximum Gasteiger partial charge on any atom is 0.296 e. The molecule has 0 aliphatic heterocycles. The first-order valence-electron chi connectivity index (χ1n) is 5.54. The molecule has 0 saturated heterocycles. The largest absolute Gasteiger partial charge is 0.317 e. The summed E-state index contributed by atoms with van der Waals surface area (Å²) in [6.45, 7) is 0. The molecule has 102 valence electrons. The lowest BCUT2D eigenvalue weighted by Crippen LogP contribution is -2.23. The Morgan fingerprint density at radius 2 is 1.45 bits per heavy atom. The SMILES string of the molecule is O=C(Nc1c(Br)cc(Br)cc1Br)C(=O)c1ccccc1. The molecule has 2 rings (SSSR count). The summed E-state index contributed by atoms with van der Waals surface area (Å²) in [5.74, 6) is -1.26. The summed E-state index contributed by atoms with van der Waals surface area (Å²) in [5, 5.41) is 2.60. The Balaban J connectivity index is 2.23. The first-order chi connectivity index (χ1) is 9.49. The van der Waals surface area contributed by atoms with Crippen LogP contribution in [0.5, 0.6) is 0 Å². The molecule has 0 heterocycles. The average Bonchev–Trinajstić information content (AvgIpc) is 2.42. The van der Waals surface area contributed by atoms with E-state index >= 15 is 0 Å². The second-order valence-electron chi connectivity index (χ2n) is 3.89. The fourth-order valence-electron chi connectivity index (χ4n) is 1.55. The van der Waals surface area contributed by atoms with Crippen molar-refractivity contribution in [3.8, 4) is 0 Å². The molecule has 0 atom stereocenters. The molecule has 0 aliphatic rings. The van der Waals surface area contributed by atoms with Crippen molar-refractivity contribution < 1.29 is 9.59 Å². The van der Waals surface area contributed by atoms with Gasteiger partial charge in [-0.2, -0.15) is 0 Å². The summed E-state index contributed by atoms with van der Waals surface area (Å²) in [6.07, 6.45) is 0. The smallest absolute Gasteiger partial charge is 0.296 e. The Hall–Kier alpha value is -0.980. The molecule has 0 bridgehead atoms. The molecule has 20 heavy (non-hydrogen) atoms. The maximum atomic E-state index is 12.0. The fourth-order valence-corrected chi connectivity index (χ4v) is 4.01. The normalized spacial score (nSPS) is 10.2. The molecule has 0 radical (unpaired) electrons. The highest BCUT2D eigenvalue weighted by atomic mass is 79.9. The van der Waals surface area contributed by atoms with E-state index in [1.165, 1.54) is 0 Å². The highest BCUT2D eigenvalue weighted by Crippen LogP contribution is 2.34. The van der Waals surface area contributed by atoms with E-state index in [4.69, 9.17) is 0 Å². The molecule has 0 aromatic heterocycles. The molecule has 3 nitrogen and oxygen atoms in total. The number of ketones is 1. The van der Waals surface area contributed by atoms with Crippen LogP contribution in [0.4, 0.5) is 5.69 Å². The predicted molar refractivity (Wildman–Crippen MR) is 88.9 cm³/mol. The molecule has 2 aromatic carbocycles. The van der Waals surface area contributed by atoms with Crippen LogP contribution in [0, 0.1) is 0 Å². The Labute approximate surface area is 141 Å². The van der Waals surface area contributed by atoms with Crippen LogP contribution in [-0.4, -0.2) is 11.7 Å². The zero-order chi connectivity index (χ0) is 14.7. The van der Waals surface area contributed by atoms with Gasteiger partial charge < -0.3 is 5.32 Å². The molecular formula is C14H8Br3NO2. The van der Waals surface area contributed by atoms with Crippen LogP contribution in [0.1, 0.15) is 10.4 Å². The lowest BCUT2D eigenvalue weighted by atomic mass is 10.1. The first kappa shape index (κ1) is 15.4. The lowest BCUT2D eigenvalue weighted by molar-refractivity contribution is -0.112. The Morgan fingerprint density at radius 3 is 2.00 bits per heavy atom. The number of benzene rings is 2. The second-order valence-corrected chi connectivity index (χ2v) is 6.52. The number of amides is 1. The van der Waals surface area contributed by atoms with E-state index in [1.54, 1.807) is 42.5 Å². The number of nitrogens with one attached hydrogen (secondary N) is 1. The molecule has 6 heteroatoms. The van der Waals surface area contributed by atoms with Gasteiger partial charge >= 0.3 is 0 Å². The summed E-state index contributed by atoms with van der Waals surface area (Å²) < 4.78 is 2.20. The monoisotopic (exact) mass is 459 g/mol. The van der Waals surface area contributed by atoms with Gasteiger partial charge in [0.25, 0.3) is 11.7 Å². The number of hydrogen-bond donors (Lipinski definition) is 1. The summed E-state index contributed by atoms with van der Waals surface area (Å²) in [7, 11) is 0. The minimum Gasteiger partial charge on any atom is -0.317 e. The highest BCUT2D eigenvalue weighted by molar-refractivity contribution is 9.11. The van der Waals surface area contributed by atoms with Crippen LogP contribution in [0.15, 0.2) is 55.9 Å². The first-order valence-corrected chi connectivity index (χ1v) is 7.92. The lowest BCUT2D eigenvalue weighted by Gasteiger charge is -2.09. The zero-order valence-corrected chi connectivity index (χ0v) is 14.7. The van der Waals surface area contributed by atoms with E-state index in [9.17, 15) is 9.59 Å². The number of Topliss-reactive ketones (excluding diaryl/α,β-unsaturated/α-hetero) is 1. The van der Waals surface area contributed by atoms with E-state index in [2.05, 4.69) is 53.1 Å². The molecule has 1 N–H and O–H groups in total. The predicted octanol–water partition coefficient (Wildman–Crippen LogP) is 4.80. The van der Waals surface area contributed by atoms with Crippen molar-refractivity contribution in [2.75, 3.05) is 5.32 Å². The zero-order valence-electron chi connectivity index (χ0n) is 9.99. The van der Waals surface area contributed by atoms with E-state index in [-0.39, 0.29) is 0 Å². The van der Waals surface area contributed by atoms with Gasteiger partial charge in [0.15, 0.2) is 0 Å². The van der Waals surface area contributed by atoms with Crippen molar-refractivity contribution in [1.82, 2.24) is 0 Å². The van der Waals surface area contributed by atoms with Crippen molar-refractivity contribution in [2.45, 2.75) is 0 Å². The fraction of sp³-hybridized carbons (Fsp3) is 0. The van der Waals surface area contributed by atoms with Crippen molar-refractivity contribution >= 4 is 65.2 Å². The van der Waals surface area contributed by atoms with E-state index < -0.39 is 11.7 Å². The Morgan fingerprint density at radius 1 is 0.900 bits per heavy atom. The third kappa shape index (κ3) is 3.56. The van der Waals surface area contributed by atoms with Crippen LogP contribution < -0.4 is 5.32 Å². The topological polar surface area (TPSA) is 46.2 Å². The van der Waals surface area contributed by atoms with Gasteiger partial charge in [-0.25, -0.2) is 0 Å². The van der Waals surface area contributed by atoms with E-state index in [0.717, 1.165) is 4.47 Å². The third-order valence-electron chi connectivity index (χ3n) is 2.49. The summed E-state index contributed by atoms with van der Waals surface area (Å²) in [6, 6.07) is 12.0. The van der Waals surface area contributed by atoms with Crippen LogP contribution in [0.25, 0.3) is 0 Å². The number of halogens is 3. The number of hydrogen-bond acceptors (Lipinski definition) is 2. The van der Waals surface area contributed by atoms with Gasteiger partial charge in [-0.15, -0.1) is 0 Å². The second kappa shape index (κ2) is 6.65. The number of anilines is 1. The molecule has 0 saturated carbocycles. The standard InChI is InChI=1S/C14H8Br3NO2/c15-9-6-10(16)12(11(17)7-9)18-14(20)13(19)8-4-2-1-3-5-8/h1-7H,(H,18,20). The summed E-state index contributed by atoms with van der Waals surface area (Å²) in [5.41, 5.74) is 0.872. The molecule has 2 aromatic rings. The number of carbonyl (C=O) groups excluding carboxylic acids is 2. The van der Waals surface area contributed by atoms with Gasteiger partial charge in [0.05, 0.1) is 5.69 Å². The molecule has 0 fully saturated rings. The van der Waals surface area contributed by atoms with Gasteiger partial charge in [0, 0.05) is 19.0 Å². The van der Waals surface area contributed by atoms with Crippen molar-refractivity contribution in [2.24, 2.45) is 0 Å². The van der Waals surface area contributed by atoms with Gasteiger partial charge in [-0.05, 0) is 44.0 Å². The van der Waals surface area contributed by atoms with Gasteiger partial charge in [0.1, 0.15) is 0 Å². The molecule has 0 spiro atoms. The third-order valence-corrected chi connectivity index (χ3v) is 4.20. The minimum atomic E-state index is -0.681. The molecule has 0 unspecified atom stereocenters. The Bertz CT molecular complexity index is 648. The molecular weight excluding hydrogens is 454 g/mol. The quantitative estimate of drug-likeness (QED) is 0.527. The average molecular weight is 462 g/mol. The Kier molecular flexibility index (Phi) is 5.12. The van der Waals surface area contributed by atoms with E-state index in [1.807, 2.05) is 0 Å². The van der Waals surface area contributed by atoms with Crippen molar-refractivity contribution in [1.29, 1.82) is 0 Å². The molecule has 0 aliphatic carbocycles. The van der Waals surface area contributed by atoms with Crippen LogP contribution in [-0.2, 0) is 4.79 Å². The van der Waals surface area contributed by atoms with Crippen LogP contribution in [0.2, 0.25) is 0 Å². The summed E-state index contributed by atoms with van der Waals surface area (Å²) in [4.78, 5) is 24.0. The molecule has 1 amide bonds. The summed E-state index contributed by atoms with van der Waals surface area (Å²) >= 11 is 10.0. The van der Waals surface area contributed by atoms with E-state index in [0.29, 0.717) is 20.2 Å². The van der Waals surface area contributed by atoms with Crippen LogP contribution >= 0.6 is 47.8 Å². The van der Waals surface area contributed by atoms with Crippen molar-refractivity contribution in [3.05, 3.63) is 61.4 Å². The number of rotatable bonds is 3. The number of carbonyl (C=O) groups is 2. The highest BCUT2D eigenvalue weighted by Gasteiger charge is 2.18. The van der Waals surface area contributed by atoms with Crippen LogP contribution in [0.3, 0.4) is 0 Å². The van der Waals surface area contributed by atoms with Gasteiger partial charge in [0.2, 0.25) is 0 Å². The maximum absolute atomic E-state index is 12.0.